The zero-order chi connectivity index (χ0) is 14.8. The number of carbonyl (C=O) groups excluding carboxylic acids is 1. The molecule has 108 valence electrons. The van der Waals surface area contributed by atoms with Crippen LogP contribution in [0, 0.1) is 0 Å². The van der Waals surface area contributed by atoms with E-state index in [4.69, 9.17) is 4.74 Å². The van der Waals surface area contributed by atoms with E-state index in [9.17, 15) is 4.79 Å². The Morgan fingerprint density at radius 2 is 2.05 bits per heavy atom. The molecule has 1 saturated carbocycles. The van der Waals surface area contributed by atoms with E-state index in [1.54, 1.807) is 7.11 Å². The van der Waals surface area contributed by atoms with Gasteiger partial charge in [-0.05, 0) is 47.7 Å². The summed E-state index contributed by atoms with van der Waals surface area (Å²) in [5.41, 5.74) is 2.67. The van der Waals surface area contributed by atoms with Gasteiger partial charge >= 0.3 is 0 Å². The van der Waals surface area contributed by atoms with Crippen LogP contribution < -0.4 is 4.74 Å². The first-order valence-corrected chi connectivity index (χ1v) is 10.9. The average Bonchev–Trinajstić information content (AvgIpc) is 2.40. The third-order valence-electron chi connectivity index (χ3n) is 4.21. The molecular formula is C17H24O2Si. The van der Waals surface area contributed by atoms with Crippen LogP contribution in [0.4, 0.5) is 0 Å². The second kappa shape index (κ2) is 5.96. The predicted molar refractivity (Wildman–Crippen MR) is 86.9 cm³/mol. The topological polar surface area (TPSA) is 26.3 Å². The summed E-state index contributed by atoms with van der Waals surface area (Å²) in [6.07, 6.45) is 4.86. The van der Waals surface area contributed by atoms with E-state index in [0.717, 1.165) is 36.1 Å². The van der Waals surface area contributed by atoms with Gasteiger partial charge in [-0.3, -0.25) is 4.79 Å². The molecule has 0 bridgehead atoms. The van der Waals surface area contributed by atoms with Crippen LogP contribution in [-0.4, -0.2) is 21.0 Å². The van der Waals surface area contributed by atoms with E-state index in [0.29, 0.717) is 11.3 Å². The average molecular weight is 288 g/mol. The van der Waals surface area contributed by atoms with Crippen LogP contribution in [0.5, 0.6) is 5.75 Å². The fraction of sp³-hybridized carbons (Fsp3) is 0.471. The Kier molecular flexibility index (Phi) is 4.48. The van der Waals surface area contributed by atoms with Crippen molar-refractivity contribution in [2.45, 2.75) is 44.4 Å². The lowest BCUT2D eigenvalue weighted by Gasteiger charge is -2.32. The highest BCUT2D eigenvalue weighted by atomic mass is 28.3. The number of hydrogen-bond acceptors (Lipinski definition) is 2. The molecule has 1 aliphatic rings. The number of allylic oxidation sites excluding steroid dienone is 1. The summed E-state index contributed by atoms with van der Waals surface area (Å²) < 4.78 is 5.22. The highest BCUT2D eigenvalue weighted by Gasteiger charge is 2.32. The van der Waals surface area contributed by atoms with Gasteiger partial charge in [0.2, 0.25) is 0 Å². The van der Waals surface area contributed by atoms with Crippen molar-refractivity contribution in [3.63, 3.8) is 0 Å². The molecule has 2 rings (SSSR count). The number of carbonyl (C=O) groups is 1. The van der Waals surface area contributed by atoms with Crippen molar-refractivity contribution in [3.8, 4) is 5.75 Å². The normalized spacial score (nSPS) is 22.1. The molecule has 2 nitrogen and oxygen atoms in total. The quantitative estimate of drug-likeness (QED) is 0.603. The smallest absolute Gasteiger partial charge is 0.158 e. The minimum Gasteiger partial charge on any atom is -0.497 e. The third-order valence-corrected chi connectivity index (χ3v) is 7.15. The summed E-state index contributed by atoms with van der Waals surface area (Å²) >= 11 is 0. The van der Waals surface area contributed by atoms with Crippen molar-refractivity contribution in [2.75, 3.05) is 7.11 Å². The first-order chi connectivity index (χ1) is 9.40. The Hall–Kier alpha value is -1.35. The summed E-state index contributed by atoms with van der Waals surface area (Å²) in [4.78, 5) is 12.3. The van der Waals surface area contributed by atoms with Crippen LogP contribution in [0.25, 0.3) is 6.08 Å². The molecule has 0 N–H and O–H groups in total. The van der Waals surface area contributed by atoms with Gasteiger partial charge in [0, 0.05) is 14.5 Å². The van der Waals surface area contributed by atoms with E-state index in [2.05, 4.69) is 19.6 Å². The Balaban J connectivity index is 2.14. The van der Waals surface area contributed by atoms with Gasteiger partial charge in [-0.1, -0.05) is 31.8 Å². The molecule has 3 heteroatoms. The van der Waals surface area contributed by atoms with Crippen molar-refractivity contribution in [1.82, 2.24) is 0 Å². The van der Waals surface area contributed by atoms with E-state index >= 15 is 0 Å². The molecule has 1 aromatic rings. The van der Waals surface area contributed by atoms with Gasteiger partial charge < -0.3 is 4.74 Å². The van der Waals surface area contributed by atoms with Crippen LogP contribution >= 0.6 is 0 Å². The highest BCUT2D eigenvalue weighted by Crippen LogP contribution is 2.37. The molecule has 1 unspecified atom stereocenters. The summed E-state index contributed by atoms with van der Waals surface area (Å²) in [7, 11) is 0.461. The van der Waals surface area contributed by atoms with Gasteiger partial charge in [-0.25, -0.2) is 0 Å². The van der Waals surface area contributed by atoms with Gasteiger partial charge in [0.05, 0.1) is 7.11 Å². The third kappa shape index (κ3) is 3.60. The van der Waals surface area contributed by atoms with Gasteiger partial charge in [-0.15, -0.1) is 0 Å². The predicted octanol–water partition coefficient (Wildman–Crippen LogP) is 4.54. The van der Waals surface area contributed by atoms with E-state index < -0.39 is 8.07 Å². The lowest BCUT2D eigenvalue weighted by Crippen LogP contribution is -2.32. The van der Waals surface area contributed by atoms with E-state index in [1.807, 2.05) is 30.3 Å². The van der Waals surface area contributed by atoms with Gasteiger partial charge in [0.1, 0.15) is 5.75 Å². The van der Waals surface area contributed by atoms with Crippen LogP contribution in [0.2, 0.25) is 25.2 Å². The molecule has 1 aromatic carbocycles. The second-order valence-corrected chi connectivity index (χ2v) is 12.2. The van der Waals surface area contributed by atoms with Crippen molar-refractivity contribution >= 4 is 19.9 Å². The number of benzene rings is 1. The van der Waals surface area contributed by atoms with E-state index in [1.165, 1.54) is 0 Å². The molecule has 0 spiro atoms. The van der Waals surface area contributed by atoms with Crippen LogP contribution in [-0.2, 0) is 4.79 Å². The van der Waals surface area contributed by atoms with Crippen LogP contribution in [0.1, 0.15) is 24.8 Å². The molecule has 0 aromatic heterocycles. The lowest BCUT2D eigenvalue weighted by molar-refractivity contribution is -0.116. The Morgan fingerprint density at radius 3 is 2.65 bits per heavy atom. The number of ether oxygens (including phenoxy) is 1. The molecule has 20 heavy (non-hydrogen) atoms. The molecule has 0 aliphatic heterocycles. The minimum absolute atomic E-state index is 0.339. The Labute approximate surface area is 122 Å². The number of Topliss-reactive ketones (excluding diaryl/α,β-unsaturated/α-hetero) is 1. The highest BCUT2D eigenvalue weighted by molar-refractivity contribution is 6.77. The molecule has 0 radical (unpaired) electrons. The van der Waals surface area contributed by atoms with E-state index in [-0.39, 0.29) is 0 Å². The van der Waals surface area contributed by atoms with Gasteiger partial charge in [0.15, 0.2) is 5.78 Å². The number of hydrogen-bond donors (Lipinski definition) is 0. The zero-order valence-electron chi connectivity index (χ0n) is 12.9. The lowest BCUT2D eigenvalue weighted by atomic mass is 9.91. The van der Waals surface area contributed by atoms with Crippen molar-refractivity contribution < 1.29 is 9.53 Å². The summed E-state index contributed by atoms with van der Waals surface area (Å²) in [5, 5.41) is 0. The summed E-state index contributed by atoms with van der Waals surface area (Å²) in [5.74, 6) is 1.18. The second-order valence-electron chi connectivity index (χ2n) is 6.68. The standard InChI is InChI=1S/C17H24O2Si/c1-19-15-7-5-6-13(11-15)10-14-8-9-16(12-17(14)18)20(2,3)4/h5-7,10-11,16H,8-9,12H2,1-4H3. The monoisotopic (exact) mass is 288 g/mol. The molecule has 1 aliphatic carbocycles. The Bertz CT molecular complexity index is 526. The largest absolute Gasteiger partial charge is 0.497 e. The zero-order valence-corrected chi connectivity index (χ0v) is 13.9. The number of methoxy groups -OCH3 is 1. The minimum atomic E-state index is -1.20. The Morgan fingerprint density at radius 1 is 1.30 bits per heavy atom. The molecule has 1 atom stereocenters. The summed E-state index contributed by atoms with van der Waals surface area (Å²) in [6.45, 7) is 7.09. The van der Waals surface area contributed by atoms with Crippen molar-refractivity contribution in [1.29, 1.82) is 0 Å². The molecule has 0 saturated heterocycles. The van der Waals surface area contributed by atoms with Gasteiger partial charge in [-0.2, -0.15) is 0 Å². The first-order valence-electron chi connectivity index (χ1n) is 7.28. The fourth-order valence-electron chi connectivity index (χ4n) is 2.75. The maximum Gasteiger partial charge on any atom is 0.158 e. The number of ketones is 1. The van der Waals surface area contributed by atoms with Crippen molar-refractivity contribution in [2.24, 2.45) is 0 Å². The van der Waals surface area contributed by atoms with Crippen molar-refractivity contribution in [3.05, 3.63) is 35.4 Å². The maximum absolute atomic E-state index is 12.3. The van der Waals surface area contributed by atoms with Crippen LogP contribution in [0.3, 0.4) is 0 Å². The molecule has 0 heterocycles. The molecule has 0 amide bonds. The molecular weight excluding hydrogens is 264 g/mol. The number of rotatable bonds is 3. The van der Waals surface area contributed by atoms with Crippen LogP contribution in [0.15, 0.2) is 29.8 Å². The fourth-order valence-corrected chi connectivity index (χ4v) is 4.56. The first kappa shape index (κ1) is 15.0. The maximum atomic E-state index is 12.3. The van der Waals surface area contributed by atoms with Gasteiger partial charge in [0.25, 0.3) is 0 Å². The SMILES string of the molecule is COc1cccc(C=C2CCC([Si](C)(C)C)CC2=O)c1. The molecule has 1 fully saturated rings. The summed E-state index contributed by atoms with van der Waals surface area (Å²) in [6, 6.07) is 7.88.